The van der Waals surface area contributed by atoms with E-state index in [9.17, 15) is 14.7 Å². The van der Waals surface area contributed by atoms with Crippen LogP contribution in [0, 0.1) is 0 Å². The van der Waals surface area contributed by atoms with Gasteiger partial charge in [-0.25, -0.2) is 0 Å². The smallest absolute Gasteiger partial charge is 0.306 e. The average Bonchev–Trinajstić information content (AvgIpc) is 2.87. The number of aliphatic hydroxyl groups is 1. The third kappa shape index (κ3) is 19.1. The van der Waals surface area contributed by atoms with Crippen molar-refractivity contribution in [3.8, 4) is 0 Å². The van der Waals surface area contributed by atoms with Crippen molar-refractivity contribution in [2.24, 2.45) is 0 Å². The van der Waals surface area contributed by atoms with E-state index < -0.39 is 0 Å². The number of hydrogen-bond donors (Lipinski definition) is 1. The molecule has 0 saturated heterocycles. The van der Waals surface area contributed by atoms with Gasteiger partial charge in [-0.05, 0) is 64.2 Å². The second-order valence-corrected chi connectivity index (χ2v) is 11.0. The summed E-state index contributed by atoms with van der Waals surface area (Å²) in [7, 11) is 0. The molecule has 0 spiro atoms. The van der Waals surface area contributed by atoms with Gasteiger partial charge < -0.3 is 14.6 Å². The van der Waals surface area contributed by atoms with Crippen LogP contribution >= 0.6 is 0 Å². The Morgan fingerprint density at radius 2 is 1.19 bits per heavy atom. The number of carbonyl (C=O) groups is 2. The number of esters is 2. The molecule has 2 unspecified atom stereocenters. The van der Waals surface area contributed by atoms with E-state index in [0.717, 1.165) is 89.9 Å². The van der Waals surface area contributed by atoms with Crippen molar-refractivity contribution < 1.29 is 24.2 Å². The molecule has 1 N–H and O–H groups in total. The molecule has 1 rings (SSSR count). The van der Waals surface area contributed by atoms with E-state index in [0.29, 0.717) is 12.8 Å². The Balaban J connectivity index is 1.82. The number of carbonyl (C=O) groups excluding carboxylic acids is 2. The normalized spacial score (nSPS) is 16.0. The first kappa shape index (κ1) is 32.9. The minimum atomic E-state index is -0.163. The molecule has 0 bridgehead atoms. The number of ether oxygens (including phenoxy) is 2. The lowest BCUT2D eigenvalue weighted by Gasteiger charge is -2.21. The maximum absolute atomic E-state index is 11.9. The number of unbranched alkanes of at least 4 members (excludes halogenated alkanes) is 10. The molecule has 1 aliphatic rings. The summed E-state index contributed by atoms with van der Waals surface area (Å²) < 4.78 is 11.1. The van der Waals surface area contributed by atoms with Crippen LogP contribution in [0.25, 0.3) is 0 Å². The number of rotatable bonds is 23. The van der Waals surface area contributed by atoms with Gasteiger partial charge in [0.1, 0.15) is 12.2 Å². The van der Waals surface area contributed by atoms with E-state index in [1.807, 2.05) is 0 Å². The Morgan fingerprint density at radius 3 is 1.72 bits per heavy atom. The zero-order valence-corrected chi connectivity index (χ0v) is 23.8. The maximum atomic E-state index is 11.9. The highest BCUT2D eigenvalue weighted by Gasteiger charge is 2.17. The summed E-state index contributed by atoms with van der Waals surface area (Å²) in [5, 5.41) is 10.2. The first-order chi connectivity index (χ1) is 17.5. The molecule has 0 heterocycles. The van der Waals surface area contributed by atoms with Crippen LogP contribution in [0.5, 0.6) is 0 Å². The van der Waals surface area contributed by atoms with Crippen LogP contribution in [0.15, 0.2) is 0 Å². The monoisotopic (exact) mass is 510 g/mol. The van der Waals surface area contributed by atoms with Crippen molar-refractivity contribution in [3.63, 3.8) is 0 Å². The molecule has 5 heteroatoms. The topological polar surface area (TPSA) is 72.8 Å². The molecule has 5 nitrogen and oxygen atoms in total. The van der Waals surface area contributed by atoms with E-state index in [-0.39, 0.29) is 30.3 Å². The first-order valence-corrected chi connectivity index (χ1v) is 15.6. The van der Waals surface area contributed by atoms with E-state index in [1.165, 1.54) is 51.4 Å². The minimum absolute atomic E-state index is 0.00220. The second kappa shape index (κ2) is 23.0. The molecule has 1 aliphatic carbocycles. The third-order valence-corrected chi connectivity index (χ3v) is 7.55. The van der Waals surface area contributed by atoms with Crippen LogP contribution in [0.1, 0.15) is 168 Å². The van der Waals surface area contributed by atoms with Crippen molar-refractivity contribution in [2.45, 2.75) is 186 Å². The van der Waals surface area contributed by atoms with E-state index >= 15 is 0 Å². The SMILES string of the molecule is CCCC(CC)OC(=O)CCCCCCCCC(O)CCCCCCCCC(=O)OC1CCCCC1. The van der Waals surface area contributed by atoms with Gasteiger partial charge in [-0.3, -0.25) is 9.59 Å². The highest BCUT2D eigenvalue weighted by molar-refractivity contribution is 5.69. The van der Waals surface area contributed by atoms with Gasteiger partial charge in [0.2, 0.25) is 0 Å². The van der Waals surface area contributed by atoms with Gasteiger partial charge in [-0.15, -0.1) is 0 Å². The van der Waals surface area contributed by atoms with Crippen molar-refractivity contribution in [3.05, 3.63) is 0 Å². The molecule has 0 aromatic rings. The summed E-state index contributed by atoms with van der Waals surface area (Å²) in [5.74, 6) is -0.0365. The van der Waals surface area contributed by atoms with Crippen LogP contribution in [-0.4, -0.2) is 35.4 Å². The third-order valence-electron chi connectivity index (χ3n) is 7.55. The lowest BCUT2D eigenvalue weighted by molar-refractivity contribution is -0.151. The largest absolute Gasteiger partial charge is 0.462 e. The summed E-state index contributed by atoms with van der Waals surface area (Å²) in [5.41, 5.74) is 0. The summed E-state index contributed by atoms with van der Waals surface area (Å²) in [6.45, 7) is 4.20. The molecular formula is C31H58O5. The molecule has 2 atom stereocenters. The quantitative estimate of drug-likeness (QED) is 0.110. The summed E-state index contributed by atoms with van der Waals surface area (Å²) in [6.07, 6.45) is 25.1. The van der Waals surface area contributed by atoms with Crippen molar-refractivity contribution >= 4 is 11.9 Å². The predicted molar refractivity (Wildman–Crippen MR) is 148 cm³/mol. The molecular weight excluding hydrogens is 452 g/mol. The van der Waals surface area contributed by atoms with Crippen LogP contribution < -0.4 is 0 Å². The van der Waals surface area contributed by atoms with Crippen LogP contribution in [0.3, 0.4) is 0 Å². The van der Waals surface area contributed by atoms with Crippen molar-refractivity contribution in [2.75, 3.05) is 0 Å². The molecule has 0 aromatic heterocycles. The highest BCUT2D eigenvalue weighted by atomic mass is 16.5. The molecule has 1 fully saturated rings. The van der Waals surface area contributed by atoms with Gasteiger partial charge in [-0.2, -0.15) is 0 Å². The lowest BCUT2D eigenvalue weighted by Crippen LogP contribution is -2.20. The van der Waals surface area contributed by atoms with Crippen LogP contribution in [0.4, 0.5) is 0 Å². The fourth-order valence-corrected chi connectivity index (χ4v) is 5.20. The summed E-state index contributed by atoms with van der Waals surface area (Å²) in [4.78, 5) is 23.8. The highest BCUT2D eigenvalue weighted by Crippen LogP contribution is 2.21. The Morgan fingerprint density at radius 1 is 0.694 bits per heavy atom. The molecule has 0 radical (unpaired) electrons. The molecule has 212 valence electrons. The Labute approximate surface area is 222 Å². The number of hydrogen-bond acceptors (Lipinski definition) is 5. The van der Waals surface area contributed by atoms with E-state index in [4.69, 9.17) is 9.47 Å². The summed E-state index contributed by atoms with van der Waals surface area (Å²) in [6, 6.07) is 0. The van der Waals surface area contributed by atoms with Gasteiger partial charge >= 0.3 is 11.9 Å². The Bertz CT molecular complexity index is 494. The fraction of sp³-hybridized carbons (Fsp3) is 0.935. The molecule has 0 aliphatic heterocycles. The molecule has 0 amide bonds. The Hall–Kier alpha value is -1.10. The lowest BCUT2D eigenvalue weighted by atomic mass is 9.98. The van der Waals surface area contributed by atoms with Gasteiger partial charge in [-0.1, -0.05) is 90.9 Å². The van der Waals surface area contributed by atoms with Gasteiger partial charge in [0.15, 0.2) is 0 Å². The first-order valence-electron chi connectivity index (χ1n) is 15.6. The molecule has 1 saturated carbocycles. The maximum Gasteiger partial charge on any atom is 0.306 e. The van der Waals surface area contributed by atoms with Gasteiger partial charge in [0.25, 0.3) is 0 Å². The zero-order chi connectivity index (χ0) is 26.3. The zero-order valence-electron chi connectivity index (χ0n) is 23.8. The molecule has 0 aromatic carbocycles. The Kier molecular flexibility index (Phi) is 21.1. The van der Waals surface area contributed by atoms with Gasteiger partial charge in [0, 0.05) is 12.8 Å². The second-order valence-electron chi connectivity index (χ2n) is 11.0. The van der Waals surface area contributed by atoms with Crippen LogP contribution in [-0.2, 0) is 19.1 Å². The predicted octanol–water partition coefficient (Wildman–Crippen LogP) is 8.59. The van der Waals surface area contributed by atoms with Crippen LogP contribution in [0.2, 0.25) is 0 Å². The fourth-order valence-electron chi connectivity index (χ4n) is 5.20. The van der Waals surface area contributed by atoms with Gasteiger partial charge in [0.05, 0.1) is 6.10 Å². The van der Waals surface area contributed by atoms with E-state index in [1.54, 1.807) is 0 Å². The molecule has 36 heavy (non-hydrogen) atoms. The van der Waals surface area contributed by atoms with Crippen molar-refractivity contribution in [1.82, 2.24) is 0 Å². The van der Waals surface area contributed by atoms with Crippen molar-refractivity contribution in [1.29, 1.82) is 0 Å². The average molecular weight is 511 g/mol. The standard InChI is InChI=1S/C31H58O5/c1-3-20-28(4-2)35-30(33)25-18-11-7-5-9-14-21-27(32)22-15-10-6-8-12-19-26-31(34)36-29-23-16-13-17-24-29/h27-29,32H,3-26H2,1-2H3. The number of aliphatic hydroxyl groups excluding tert-OH is 1. The minimum Gasteiger partial charge on any atom is -0.462 e. The summed E-state index contributed by atoms with van der Waals surface area (Å²) >= 11 is 0. The van der Waals surface area contributed by atoms with E-state index in [2.05, 4.69) is 13.8 Å².